The van der Waals surface area contributed by atoms with Crippen LogP contribution in [0.5, 0.6) is 0 Å². The minimum absolute atomic E-state index is 0.168. The molecule has 0 fully saturated rings. The van der Waals surface area contributed by atoms with Gasteiger partial charge in [0, 0.05) is 26.2 Å². The first-order valence-electron chi connectivity index (χ1n) is 5.97. The van der Waals surface area contributed by atoms with Gasteiger partial charge in [0.1, 0.15) is 0 Å². The summed E-state index contributed by atoms with van der Waals surface area (Å²) in [6.07, 6.45) is 1.82. The molecule has 5 heteroatoms. The van der Waals surface area contributed by atoms with Crippen molar-refractivity contribution in [1.82, 2.24) is 4.98 Å². The van der Waals surface area contributed by atoms with Gasteiger partial charge in [-0.2, -0.15) is 0 Å². The Morgan fingerprint density at radius 2 is 2.05 bits per heavy atom. The van der Waals surface area contributed by atoms with Crippen LogP contribution >= 0.6 is 34.2 Å². The van der Waals surface area contributed by atoms with Gasteiger partial charge in [0.25, 0.3) is 5.91 Å². The number of H-pyrrole nitrogens is 1. The smallest absolute Gasteiger partial charge is 0.256 e. The largest absolute Gasteiger partial charge is 0.361 e. The SMILES string of the molecule is O=C(Nc1ccc(I)cc1Cl)c1cccc2[nH]ccc12. The zero-order valence-corrected chi connectivity index (χ0v) is 13.2. The molecule has 0 aliphatic carbocycles. The summed E-state index contributed by atoms with van der Waals surface area (Å²) in [5, 5.41) is 4.28. The second-order valence-corrected chi connectivity index (χ2v) is 5.98. The fourth-order valence-electron chi connectivity index (χ4n) is 2.06. The quantitative estimate of drug-likeness (QED) is 0.607. The number of benzene rings is 2. The zero-order chi connectivity index (χ0) is 14.1. The highest BCUT2D eigenvalue weighted by Gasteiger charge is 2.12. The molecule has 0 atom stereocenters. The van der Waals surface area contributed by atoms with Crippen molar-refractivity contribution in [2.45, 2.75) is 0 Å². The normalized spacial score (nSPS) is 10.7. The molecular formula is C15H10ClIN2O. The van der Waals surface area contributed by atoms with E-state index in [1.54, 1.807) is 12.1 Å². The molecule has 100 valence electrons. The molecule has 3 aromatic rings. The third-order valence-corrected chi connectivity index (χ3v) is 4.00. The van der Waals surface area contributed by atoms with Crippen molar-refractivity contribution in [2.75, 3.05) is 5.32 Å². The van der Waals surface area contributed by atoms with Crippen LogP contribution in [0.15, 0.2) is 48.7 Å². The Morgan fingerprint density at radius 3 is 2.85 bits per heavy atom. The molecule has 3 rings (SSSR count). The number of fused-ring (bicyclic) bond motifs is 1. The van der Waals surface area contributed by atoms with Gasteiger partial charge < -0.3 is 10.3 Å². The van der Waals surface area contributed by atoms with Gasteiger partial charge in [0.2, 0.25) is 0 Å². The number of rotatable bonds is 2. The number of nitrogens with one attached hydrogen (secondary N) is 2. The lowest BCUT2D eigenvalue weighted by atomic mass is 10.1. The van der Waals surface area contributed by atoms with Crippen LogP contribution in [0.2, 0.25) is 5.02 Å². The molecule has 20 heavy (non-hydrogen) atoms. The van der Waals surface area contributed by atoms with E-state index in [0.29, 0.717) is 16.3 Å². The van der Waals surface area contributed by atoms with Crippen LogP contribution in [-0.4, -0.2) is 10.9 Å². The Kier molecular flexibility index (Phi) is 3.67. The topological polar surface area (TPSA) is 44.9 Å². The van der Waals surface area contributed by atoms with Gasteiger partial charge in [0.05, 0.1) is 10.7 Å². The van der Waals surface area contributed by atoms with Gasteiger partial charge in [-0.25, -0.2) is 0 Å². The van der Waals surface area contributed by atoms with E-state index in [1.807, 2.05) is 36.5 Å². The van der Waals surface area contributed by atoms with E-state index in [4.69, 9.17) is 11.6 Å². The molecule has 1 heterocycles. The molecule has 0 unspecified atom stereocenters. The molecule has 0 aliphatic rings. The van der Waals surface area contributed by atoms with Crippen molar-refractivity contribution in [3.05, 3.63) is 62.8 Å². The third-order valence-electron chi connectivity index (χ3n) is 3.02. The summed E-state index contributed by atoms with van der Waals surface area (Å²) in [6, 6.07) is 13.0. The van der Waals surface area contributed by atoms with Crippen LogP contribution in [0.3, 0.4) is 0 Å². The first-order valence-corrected chi connectivity index (χ1v) is 7.43. The zero-order valence-electron chi connectivity index (χ0n) is 10.3. The number of aromatic nitrogens is 1. The molecule has 0 aliphatic heterocycles. The summed E-state index contributed by atoms with van der Waals surface area (Å²) in [5.74, 6) is -0.168. The Balaban J connectivity index is 1.95. The number of amides is 1. The minimum atomic E-state index is -0.168. The van der Waals surface area contributed by atoms with Crippen molar-refractivity contribution < 1.29 is 4.79 Å². The lowest BCUT2D eigenvalue weighted by molar-refractivity contribution is 0.102. The van der Waals surface area contributed by atoms with Crippen molar-refractivity contribution in [2.24, 2.45) is 0 Å². The lowest BCUT2D eigenvalue weighted by Crippen LogP contribution is -2.12. The highest BCUT2D eigenvalue weighted by atomic mass is 127. The highest BCUT2D eigenvalue weighted by Crippen LogP contribution is 2.25. The molecule has 1 amide bonds. The summed E-state index contributed by atoms with van der Waals surface area (Å²) >= 11 is 8.31. The summed E-state index contributed by atoms with van der Waals surface area (Å²) < 4.78 is 1.03. The maximum absolute atomic E-state index is 12.4. The molecule has 0 saturated carbocycles. The number of carbonyl (C=O) groups excluding carboxylic acids is 1. The second-order valence-electron chi connectivity index (χ2n) is 4.32. The van der Waals surface area contributed by atoms with Gasteiger partial charge in [-0.1, -0.05) is 17.7 Å². The maximum Gasteiger partial charge on any atom is 0.256 e. The maximum atomic E-state index is 12.4. The van der Waals surface area contributed by atoms with Crippen molar-refractivity contribution in [3.63, 3.8) is 0 Å². The number of aromatic amines is 1. The van der Waals surface area contributed by atoms with Crippen LogP contribution < -0.4 is 5.32 Å². The predicted octanol–water partition coefficient (Wildman–Crippen LogP) is 4.68. The van der Waals surface area contributed by atoms with Crippen LogP contribution in [0, 0.1) is 3.57 Å². The van der Waals surface area contributed by atoms with E-state index >= 15 is 0 Å². The molecule has 2 N–H and O–H groups in total. The van der Waals surface area contributed by atoms with E-state index in [1.165, 1.54) is 0 Å². The highest BCUT2D eigenvalue weighted by molar-refractivity contribution is 14.1. The van der Waals surface area contributed by atoms with Crippen molar-refractivity contribution in [1.29, 1.82) is 0 Å². The summed E-state index contributed by atoms with van der Waals surface area (Å²) in [5.41, 5.74) is 2.18. The predicted molar refractivity (Wildman–Crippen MR) is 90.4 cm³/mol. The Bertz CT molecular complexity index is 797. The monoisotopic (exact) mass is 396 g/mol. The second kappa shape index (κ2) is 5.46. The van der Waals surface area contributed by atoms with E-state index in [2.05, 4.69) is 32.9 Å². The van der Waals surface area contributed by atoms with Crippen molar-refractivity contribution >= 4 is 56.7 Å². The van der Waals surface area contributed by atoms with Gasteiger partial charge >= 0.3 is 0 Å². The number of halogens is 2. The van der Waals surface area contributed by atoms with Gasteiger partial charge in [-0.15, -0.1) is 0 Å². The minimum Gasteiger partial charge on any atom is -0.361 e. The molecule has 0 spiro atoms. The standard InChI is InChI=1S/C15H10ClIN2O/c16-12-8-9(17)4-5-14(12)19-15(20)11-2-1-3-13-10(11)6-7-18-13/h1-8,18H,(H,19,20). The van der Waals surface area contributed by atoms with Gasteiger partial charge in [-0.3, -0.25) is 4.79 Å². The fraction of sp³-hybridized carbons (Fsp3) is 0. The number of hydrogen-bond donors (Lipinski definition) is 2. The number of hydrogen-bond acceptors (Lipinski definition) is 1. The molecule has 0 radical (unpaired) electrons. The Labute approximate surface area is 134 Å². The van der Waals surface area contributed by atoms with Gasteiger partial charge in [0.15, 0.2) is 0 Å². The molecular weight excluding hydrogens is 387 g/mol. The summed E-state index contributed by atoms with van der Waals surface area (Å²) in [4.78, 5) is 15.5. The average molecular weight is 397 g/mol. The Morgan fingerprint density at radius 1 is 1.20 bits per heavy atom. The summed E-state index contributed by atoms with van der Waals surface area (Å²) in [6.45, 7) is 0. The van der Waals surface area contributed by atoms with E-state index < -0.39 is 0 Å². The molecule has 3 nitrogen and oxygen atoms in total. The average Bonchev–Trinajstić information content (AvgIpc) is 2.90. The van der Waals surface area contributed by atoms with Crippen molar-refractivity contribution in [3.8, 4) is 0 Å². The van der Waals surface area contributed by atoms with Crippen LogP contribution in [0.25, 0.3) is 10.9 Å². The Hall–Kier alpha value is -1.53. The first kappa shape index (κ1) is 13.5. The molecule has 1 aromatic heterocycles. The molecule has 0 saturated heterocycles. The molecule has 2 aromatic carbocycles. The van der Waals surface area contributed by atoms with Gasteiger partial charge in [-0.05, 0) is 59.0 Å². The number of anilines is 1. The van der Waals surface area contributed by atoms with Crippen LogP contribution in [0.4, 0.5) is 5.69 Å². The van der Waals surface area contributed by atoms with Crippen LogP contribution in [-0.2, 0) is 0 Å². The third kappa shape index (κ3) is 2.53. The van der Waals surface area contributed by atoms with E-state index in [0.717, 1.165) is 14.5 Å². The lowest BCUT2D eigenvalue weighted by Gasteiger charge is -2.08. The molecule has 0 bridgehead atoms. The summed E-state index contributed by atoms with van der Waals surface area (Å²) in [7, 11) is 0. The van der Waals surface area contributed by atoms with Crippen LogP contribution in [0.1, 0.15) is 10.4 Å². The first-order chi connectivity index (χ1) is 9.65. The van der Waals surface area contributed by atoms with E-state index in [9.17, 15) is 4.79 Å². The fourth-order valence-corrected chi connectivity index (χ4v) is 2.97. The van der Waals surface area contributed by atoms with E-state index in [-0.39, 0.29) is 5.91 Å². The number of carbonyl (C=O) groups is 1.